The van der Waals surface area contributed by atoms with Crippen LogP contribution in [0.2, 0.25) is 0 Å². The summed E-state index contributed by atoms with van der Waals surface area (Å²) in [5, 5.41) is 9.72. The molecule has 6 heteroatoms. The molecule has 3 aromatic rings. The van der Waals surface area contributed by atoms with Gasteiger partial charge in [-0.25, -0.2) is 10.3 Å². The molecule has 2 aromatic heterocycles. The van der Waals surface area contributed by atoms with E-state index in [1.54, 1.807) is 17.6 Å². The monoisotopic (exact) mass is 261 g/mol. The van der Waals surface area contributed by atoms with Crippen LogP contribution in [0.3, 0.4) is 0 Å². The lowest BCUT2D eigenvalue weighted by Gasteiger charge is -1.96. The van der Waals surface area contributed by atoms with Crippen LogP contribution in [0.15, 0.2) is 39.5 Å². The summed E-state index contributed by atoms with van der Waals surface area (Å²) in [7, 11) is 0. The first-order valence-electron chi connectivity index (χ1n) is 5.10. The Bertz CT molecular complexity index is 818. The second-order valence-electron chi connectivity index (χ2n) is 3.68. The minimum absolute atomic E-state index is 0.260. The third-order valence-corrected chi connectivity index (χ3v) is 3.78. The van der Waals surface area contributed by atoms with Crippen LogP contribution in [0.25, 0.3) is 21.1 Å². The van der Waals surface area contributed by atoms with Crippen LogP contribution in [-0.2, 0) is 0 Å². The molecule has 0 saturated carbocycles. The first-order valence-corrected chi connectivity index (χ1v) is 5.92. The second kappa shape index (κ2) is 3.94. The lowest BCUT2D eigenvalue weighted by atomic mass is 10.2. The lowest BCUT2D eigenvalue weighted by Crippen LogP contribution is -2.16. The molecule has 0 aliphatic carbocycles. The first kappa shape index (κ1) is 10.9. The standard InChI is InChI=1S/C12H7NO4S/c14-11(13-16)9-5-7-10(18-9)6-3-1-2-4-8(6)17-12(7)15/h1-5,16H,(H,13,14). The Hall–Kier alpha value is -2.18. The Kier molecular flexibility index (Phi) is 2.39. The summed E-state index contributed by atoms with van der Waals surface area (Å²) in [5.41, 5.74) is 1.54. The number of hydroxylamine groups is 1. The van der Waals surface area contributed by atoms with Gasteiger partial charge in [0.05, 0.1) is 15.0 Å². The molecule has 0 radical (unpaired) electrons. The van der Waals surface area contributed by atoms with Gasteiger partial charge in [-0.1, -0.05) is 12.1 Å². The van der Waals surface area contributed by atoms with Gasteiger partial charge < -0.3 is 4.42 Å². The fourth-order valence-corrected chi connectivity index (χ4v) is 2.87. The summed E-state index contributed by atoms with van der Waals surface area (Å²) in [6.45, 7) is 0. The van der Waals surface area contributed by atoms with Gasteiger partial charge in [-0.05, 0) is 18.2 Å². The largest absolute Gasteiger partial charge is 0.422 e. The van der Waals surface area contributed by atoms with Crippen molar-refractivity contribution in [2.75, 3.05) is 0 Å². The summed E-state index contributed by atoms with van der Waals surface area (Å²) < 4.78 is 5.84. The predicted molar refractivity (Wildman–Crippen MR) is 67.1 cm³/mol. The van der Waals surface area contributed by atoms with Crippen molar-refractivity contribution < 1.29 is 14.4 Å². The number of fused-ring (bicyclic) bond motifs is 3. The van der Waals surface area contributed by atoms with E-state index < -0.39 is 11.5 Å². The highest BCUT2D eigenvalue weighted by Crippen LogP contribution is 2.30. The molecule has 0 bridgehead atoms. The number of rotatable bonds is 1. The van der Waals surface area contributed by atoms with Crippen molar-refractivity contribution in [3.8, 4) is 0 Å². The van der Waals surface area contributed by atoms with Gasteiger partial charge in [0.1, 0.15) is 5.58 Å². The van der Waals surface area contributed by atoms with E-state index in [9.17, 15) is 9.59 Å². The Morgan fingerprint density at radius 3 is 2.83 bits per heavy atom. The number of carbonyl (C=O) groups is 1. The van der Waals surface area contributed by atoms with E-state index in [0.29, 0.717) is 15.7 Å². The zero-order valence-electron chi connectivity index (χ0n) is 8.97. The third-order valence-electron chi connectivity index (χ3n) is 2.61. The minimum atomic E-state index is -0.639. The van der Waals surface area contributed by atoms with E-state index in [2.05, 4.69) is 0 Å². The number of hydrogen-bond acceptors (Lipinski definition) is 5. The molecule has 18 heavy (non-hydrogen) atoms. The Morgan fingerprint density at radius 1 is 1.28 bits per heavy atom. The average Bonchev–Trinajstić information content (AvgIpc) is 2.84. The van der Waals surface area contributed by atoms with Gasteiger partial charge in [0.25, 0.3) is 5.91 Å². The number of amides is 1. The molecule has 0 aliphatic heterocycles. The summed E-state index contributed by atoms with van der Waals surface area (Å²) >= 11 is 1.14. The van der Waals surface area contributed by atoms with Crippen molar-refractivity contribution in [1.29, 1.82) is 0 Å². The first-order chi connectivity index (χ1) is 8.70. The van der Waals surface area contributed by atoms with E-state index in [1.807, 2.05) is 12.1 Å². The topological polar surface area (TPSA) is 79.5 Å². The van der Waals surface area contributed by atoms with Crippen molar-refractivity contribution in [2.24, 2.45) is 0 Å². The number of benzene rings is 1. The van der Waals surface area contributed by atoms with E-state index in [1.165, 1.54) is 6.07 Å². The minimum Gasteiger partial charge on any atom is -0.422 e. The number of nitrogens with one attached hydrogen (secondary N) is 1. The summed E-state index contributed by atoms with van der Waals surface area (Å²) in [6.07, 6.45) is 0. The van der Waals surface area contributed by atoms with Crippen LogP contribution >= 0.6 is 11.3 Å². The summed E-state index contributed by atoms with van der Waals surface area (Å²) in [4.78, 5) is 23.4. The van der Waals surface area contributed by atoms with Crippen LogP contribution in [0.1, 0.15) is 9.67 Å². The van der Waals surface area contributed by atoms with Gasteiger partial charge in [0.2, 0.25) is 0 Å². The molecule has 0 saturated heterocycles. The van der Waals surface area contributed by atoms with Gasteiger partial charge in [0, 0.05) is 5.39 Å². The fraction of sp³-hybridized carbons (Fsp3) is 0. The smallest absolute Gasteiger partial charge is 0.345 e. The van der Waals surface area contributed by atoms with Gasteiger partial charge >= 0.3 is 5.63 Å². The van der Waals surface area contributed by atoms with Gasteiger partial charge in [-0.2, -0.15) is 0 Å². The number of hydrogen-bond donors (Lipinski definition) is 2. The molecule has 0 fully saturated rings. The Labute approximate surface area is 104 Å². The maximum absolute atomic E-state index is 11.8. The molecular weight excluding hydrogens is 254 g/mol. The molecule has 2 heterocycles. The second-order valence-corrected chi connectivity index (χ2v) is 4.73. The van der Waals surface area contributed by atoms with E-state index in [4.69, 9.17) is 9.62 Å². The zero-order valence-corrected chi connectivity index (χ0v) is 9.78. The molecule has 2 N–H and O–H groups in total. The van der Waals surface area contributed by atoms with Crippen molar-refractivity contribution in [3.63, 3.8) is 0 Å². The molecule has 90 valence electrons. The van der Waals surface area contributed by atoms with Gasteiger partial charge in [-0.15, -0.1) is 11.3 Å². The van der Waals surface area contributed by atoms with Crippen molar-refractivity contribution >= 4 is 38.3 Å². The normalized spacial score (nSPS) is 10.9. The summed E-state index contributed by atoms with van der Waals surface area (Å²) in [5.74, 6) is -0.639. The maximum Gasteiger partial charge on any atom is 0.345 e. The molecule has 1 aromatic carbocycles. The van der Waals surface area contributed by atoms with E-state index >= 15 is 0 Å². The van der Waals surface area contributed by atoms with Crippen molar-refractivity contribution in [3.05, 3.63) is 45.6 Å². The quantitative estimate of drug-likeness (QED) is 0.399. The van der Waals surface area contributed by atoms with E-state index in [0.717, 1.165) is 16.7 Å². The predicted octanol–water partition coefficient (Wildman–Crippen LogP) is 2.13. The SMILES string of the molecule is O=C(NO)c1cc2c(=O)oc3ccccc3c2s1. The Morgan fingerprint density at radius 2 is 2.06 bits per heavy atom. The fourth-order valence-electron chi connectivity index (χ4n) is 1.81. The number of carbonyl (C=O) groups excluding carboxylic acids is 1. The molecule has 0 aliphatic rings. The highest BCUT2D eigenvalue weighted by atomic mass is 32.1. The molecular formula is C12H7NO4S. The van der Waals surface area contributed by atoms with Crippen LogP contribution in [0.5, 0.6) is 0 Å². The van der Waals surface area contributed by atoms with Crippen LogP contribution in [-0.4, -0.2) is 11.1 Å². The number of para-hydroxylation sites is 1. The van der Waals surface area contributed by atoms with Crippen molar-refractivity contribution in [1.82, 2.24) is 5.48 Å². The van der Waals surface area contributed by atoms with Crippen LogP contribution < -0.4 is 11.1 Å². The molecule has 1 amide bonds. The van der Waals surface area contributed by atoms with Crippen LogP contribution in [0, 0.1) is 0 Å². The van der Waals surface area contributed by atoms with E-state index in [-0.39, 0.29) is 4.88 Å². The summed E-state index contributed by atoms with van der Waals surface area (Å²) in [6, 6.07) is 8.53. The number of thiophene rings is 1. The molecule has 0 spiro atoms. The molecule has 0 atom stereocenters. The molecule has 3 rings (SSSR count). The third kappa shape index (κ3) is 1.51. The highest BCUT2D eigenvalue weighted by molar-refractivity contribution is 7.21. The highest BCUT2D eigenvalue weighted by Gasteiger charge is 2.14. The van der Waals surface area contributed by atoms with Crippen LogP contribution in [0.4, 0.5) is 0 Å². The molecule has 0 unspecified atom stereocenters. The molecule has 5 nitrogen and oxygen atoms in total. The Balaban J connectivity index is 2.45. The lowest BCUT2D eigenvalue weighted by molar-refractivity contribution is 0.0711. The van der Waals surface area contributed by atoms with Gasteiger partial charge in [0.15, 0.2) is 0 Å². The zero-order chi connectivity index (χ0) is 12.7. The maximum atomic E-state index is 11.8. The van der Waals surface area contributed by atoms with Crippen molar-refractivity contribution in [2.45, 2.75) is 0 Å². The average molecular weight is 261 g/mol. The van der Waals surface area contributed by atoms with Gasteiger partial charge in [-0.3, -0.25) is 10.0 Å².